The molecule has 0 saturated heterocycles. The van der Waals surface area contributed by atoms with E-state index in [-0.39, 0.29) is 16.8 Å². The molecule has 2 amide bonds. The van der Waals surface area contributed by atoms with Crippen molar-refractivity contribution in [3.63, 3.8) is 0 Å². The molecule has 2 heterocycles. The maximum atomic E-state index is 12.8. The van der Waals surface area contributed by atoms with Crippen molar-refractivity contribution < 1.29 is 22.8 Å². The number of rotatable bonds is 2. The largest absolute Gasteiger partial charge is 0.416 e. The van der Waals surface area contributed by atoms with Gasteiger partial charge in [0, 0.05) is 0 Å². The lowest BCUT2D eigenvalue weighted by molar-refractivity contribution is -0.137. The topological polar surface area (TPSA) is 82.0 Å². The Kier molecular flexibility index (Phi) is 3.82. The van der Waals surface area contributed by atoms with Crippen LogP contribution in [-0.4, -0.2) is 11.8 Å². The molecule has 8 heteroatoms. The molecule has 0 aliphatic carbocycles. The van der Waals surface area contributed by atoms with Crippen LogP contribution in [0, 0.1) is 11.3 Å². The molecule has 138 valence electrons. The molecule has 0 atom stereocenters. The van der Waals surface area contributed by atoms with Gasteiger partial charge in [0.1, 0.15) is 0 Å². The van der Waals surface area contributed by atoms with Crippen LogP contribution < -0.4 is 10.6 Å². The van der Waals surface area contributed by atoms with Gasteiger partial charge in [-0.3, -0.25) is 9.59 Å². The fourth-order valence-electron chi connectivity index (χ4n) is 3.15. The summed E-state index contributed by atoms with van der Waals surface area (Å²) in [7, 11) is 0. The molecule has 0 aromatic heterocycles. The number of benzene rings is 2. The molecular weight excluding hydrogens is 371 g/mol. The molecule has 2 aromatic carbocycles. The molecule has 2 aromatic rings. The summed E-state index contributed by atoms with van der Waals surface area (Å²) in [5.41, 5.74) is 1.11. The summed E-state index contributed by atoms with van der Waals surface area (Å²) < 4.78 is 38.3. The van der Waals surface area contributed by atoms with E-state index < -0.39 is 23.6 Å². The van der Waals surface area contributed by atoms with E-state index in [1.54, 1.807) is 24.3 Å². The number of amides is 2. The smallest absolute Gasteiger partial charge is 0.321 e. The molecule has 0 radical (unpaired) electrons. The van der Waals surface area contributed by atoms with Crippen molar-refractivity contribution in [2.75, 3.05) is 0 Å². The highest BCUT2D eigenvalue weighted by Crippen LogP contribution is 2.38. The first kappa shape index (κ1) is 17.5. The number of nitriles is 1. The van der Waals surface area contributed by atoms with Crippen LogP contribution in [0.25, 0.3) is 11.4 Å². The molecule has 0 unspecified atom stereocenters. The minimum atomic E-state index is -4.48. The van der Waals surface area contributed by atoms with Gasteiger partial charge < -0.3 is 10.6 Å². The number of carbonyl (C=O) groups is 2. The Hall–Kier alpha value is -3.86. The molecule has 0 bridgehead atoms. The highest BCUT2D eigenvalue weighted by atomic mass is 19.4. The van der Waals surface area contributed by atoms with Crippen molar-refractivity contribution in [2.24, 2.45) is 0 Å². The Bertz CT molecular complexity index is 1120. The number of carbonyl (C=O) groups excluding carboxylic acids is 2. The zero-order chi connectivity index (χ0) is 20.1. The lowest BCUT2D eigenvalue weighted by Gasteiger charge is -2.09. The number of hydrogen-bond donors (Lipinski definition) is 2. The quantitative estimate of drug-likeness (QED) is 0.839. The lowest BCUT2D eigenvalue weighted by Crippen LogP contribution is -2.21. The zero-order valence-electron chi connectivity index (χ0n) is 14.0. The van der Waals surface area contributed by atoms with Crippen LogP contribution in [0.4, 0.5) is 13.2 Å². The summed E-state index contributed by atoms with van der Waals surface area (Å²) in [6, 6.07) is 12.5. The summed E-state index contributed by atoms with van der Waals surface area (Å²) in [5, 5.41) is 14.1. The van der Waals surface area contributed by atoms with Gasteiger partial charge in [-0.05, 0) is 35.4 Å². The highest BCUT2D eigenvalue weighted by molar-refractivity contribution is 6.30. The van der Waals surface area contributed by atoms with Crippen molar-refractivity contribution in [3.8, 4) is 6.07 Å². The summed E-state index contributed by atoms with van der Waals surface area (Å²) in [5.74, 6) is -1.05. The fourth-order valence-corrected chi connectivity index (χ4v) is 3.15. The van der Waals surface area contributed by atoms with Crippen LogP contribution in [0.5, 0.6) is 0 Å². The van der Waals surface area contributed by atoms with E-state index in [0.29, 0.717) is 22.4 Å². The molecule has 2 aliphatic rings. The molecule has 2 N–H and O–H groups in total. The number of fused-ring (bicyclic) bond motifs is 1. The normalized spacial score (nSPS) is 16.1. The van der Waals surface area contributed by atoms with E-state index >= 15 is 0 Å². The standard InChI is InChI=1S/C20H10F3N3O2/c21-20(22,23)13-7-5-12(6-8-13)17-15-14(18(27)26-17)16(25-19(15)28)11-3-1-10(9-24)2-4-11/h1-8H,(H,25,28)(H,26,27). The van der Waals surface area contributed by atoms with E-state index in [9.17, 15) is 22.8 Å². The first-order chi connectivity index (χ1) is 13.3. The Morgan fingerprint density at radius 2 is 1.18 bits per heavy atom. The highest BCUT2D eigenvalue weighted by Gasteiger charge is 2.41. The molecule has 0 fully saturated rings. The van der Waals surface area contributed by atoms with Crippen LogP contribution in [0.3, 0.4) is 0 Å². The SMILES string of the molecule is N#Cc1ccc(C2=C3C(=O)NC(c4ccc(C(F)(F)F)cc4)=C3C(=O)N2)cc1. The van der Waals surface area contributed by atoms with Crippen molar-refractivity contribution >= 4 is 23.2 Å². The minimum absolute atomic E-state index is 0.0871. The van der Waals surface area contributed by atoms with Crippen LogP contribution in [0.15, 0.2) is 59.7 Å². The first-order valence-corrected chi connectivity index (χ1v) is 8.09. The summed E-state index contributed by atoms with van der Waals surface area (Å²) in [4.78, 5) is 25.0. The van der Waals surface area contributed by atoms with E-state index in [4.69, 9.17) is 5.26 Å². The molecule has 0 saturated carbocycles. The van der Waals surface area contributed by atoms with Gasteiger partial charge in [-0.25, -0.2) is 0 Å². The van der Waals surface area contributed by atoms with Crippen LogP contribution >= 0.6 is 0 Å². The molecular formula is C20H10F3N3O2. The number of hydrogen-bond acceptors (Lipinski definition) is 3. The second-order valence-electron chi connectivity index (χ2n) is 6.17. The van der Waals surface area contributed by atoms with E-state index in [1.807, 2.05) is 6.07 Å². The third-order valence-electron chi connectivity index (χ3n) is 4.48. The van der Waals surface area contributed by atoms with Gasteiger partial charge >= 0.3 is 6.18 Å². The maximum absolute atomic E-state index is 12.8. The van der Waals surface area contributed by atoms with Crippen LogP contribution in [-0.2, 0) is 15.8 Å². The maximum Gasteiger partial charge on any atom is 0.416 e. The minimum Gasteiger partial charge on any atom is -0.321 e. The number of nitrogens with zero attached hydrogens (tertiary/aromatic N) is 1. The third kappa shape index (κ3) is 2.74. The second-order valence-corrected chi connectivity index (χ2v) is 6.17. The van der Waals surface area contributed by atoms with Gasteiger partial charge in [-0.15, -0.1) is 0 Å². The molecule has 0 spiro atoms. The van der Waals surface area contributed by atoms with E-state index in [2.05, 4.69) is 10.6 Å². The summed E-state index contributed by atoms with van der Waals surface area (Å²) >= 11 is 0. The van der Waals surface area contributed by atoms with Gasteiger partial charge in [-0.1, -0.05) is 24.3 Å². The lowest BCUT2D eigenvalue weighted by atomic mass is 10.0. The van der Waals surface area contributed by atoms with Crippen LogP contribution in [0.1, 0.15) is 22.3 Å². The van der Waals surface area contributed by atoms with Crippen molar-refractivity contribution in [1.82, 2.24) is 10.6 Å². The van der Waals surface area contributed by atoms with Gasteiger partial charge in [0.15, 0.2) is 0 Å². The molecule has 5 nitrogen and oxygen atoms in total. The Morgan fingerprint density at radius 1 is 0.750 bits per heavy atom. The third-order valence-corrected chi connectivity index (χ3v) is 4.48. The van der Waals surface area contributed by atoms with Gasteiger partial charge in [0.05, 0.1) is 39.7 Å². The summed E-state index contributed by atoms with van der Waals surface area (Å²) in [6.45, 7) is 0. The predicted octanol–water partition coefficient (Wildman–Crippen LogP) is 2.96. The molecule has 28 heavy (non-hydrogen) atoms. The van der Waals surface area contributed by atoms with Gasteiger partial charge in [0.2, 0.25) is 0 Å². The summed E-state index contributed by atoms with van der Waals surface area (Å²) in [6.07, 6.45) is -4.48. The van der Waals surface area contributed by atoms with Crippen molar-refractivity contribution in [3.05, 3.63) is 81.9 Å². The Balaban J connectivity index is 1.80. The number of halogens is 3. The second kappa shape index (κ2) is 6.09. The number of nitrogens with one attached hydrogen (secondary N) is 2. The van der Waals surface area contributed by atoms with Crippen molar-refractivity contribution in [2.45, 2.75) is 6.18 Å². The predicted molar refractivity (Wildman–Crippen MR) is 92.7 cm³/mol. The molecule has 2 aliphatic heterocycles. The number of alkyl halides is 3. The monoisotopic (exact) mass is 381 g/mol. The van der Waals surface area contributed by atoms with Gasteiger partial charge in [-0.2, -0.15) is 18.4 Å². The van der Waals surface area contributed by atoms with Gasteiger partial charge in [0.25, 0.3) is 11.8 Å². The average molecular weight is 381 g/mol. The van der Waals surface area contributed by atoms with Crippen molar-refractivity contribution in [1.29, 1.82) is 5.26 Å². The fraction of sp³-hybridized carbons (Fsp3) is 0.0500. The van der Waals surface area contributed by atoms with E-state index in [0.717, 1.165) is 12.1 Å². The Morgan fingerprint density at radius 3 is 1.57 bits per heavy atom. The zero-order valence-corrected chi connectivity index (χ0v) is 14.0. The van der Waals surface area contributed by atoms with E-state index in [1.165, 1.54) is 12.1 Å². The van der Waals surface area contributed by atoms with Crippen LogP contribution in [0.2, 0.25) is 0 Å². The molecule has 4 rings (SSSR count). The average Bonchev–Trinajstić information content (AvgIpc) is 3.20. The first-order valence-electron chi connectivity index (χ1n) is 8.09. The Labute approximate surface area is 156 Å².